The van der Waals surface area contributed by atoms with Crippen LogP contribution in [0.5, 0.6) is 0 Å². The fourth-order valence-electron chi connectivity index (χ4n) is 2.75. The number of ketones is 2. The fraction of sp³-hybridized carbons (Fsp3) is 0.533. The molecule has 0 amide bonds. The zero-order valence-electron chi connectivity index (χ0n) is 12.0. The number of hydrogen-bond acceptors (Lipinski definition) is 4. The lowest BCUT2D eigenvalue weighted by Gasteiger charge is -2.20. The molecule has 20 heavy (non-hydrogen) atoms. The first-order valence-corrected chi connectivity index (χ1v) is 6.85. The molecule has 1 N–H and O–H groups in total. The number of esters is 1. The van der Waals surface area contributed by atoms with Gasteiger partial charge in [-0.25, -0.2) is 4.79 Å². The molecule has 1 heterocycles. The lowest BCUT2D eigenvalue weighted by molar-refractivity contribution is -0.129. The summed E-state index contributed by atoms with van der Waals surface area (Å²) in [5, 5.41) is 0. The standard InChI is InChI=1S/C15H19NO4/c1-8-13(10(3)17)9(2)16-14(8)15(19)20-12-7-5-4-6-11(12)18/h12,16H,4-7H2,1-3H3/t12-/m1/s1. The molecule has 1 aromatic heterocycles. The average molecular weight is 277 g/mol. The highest BCUT2D eigenvalue weighted by Gasteiger charge is 2.28. The SMILES string of the molecule is CC(=O)c1c(C)[nH]c(C(=O)O[C@@H]2CCCCC2=O)c1C. The molecule has 1 aliphatic carbocycles. The summed E-state index contributed by atoms with van der Waals surface area (Å²) in [5.41, 5.74) is 2.03. The first-order valence-electron chi connectivity index (χ1n) is 6.85. The second-order valence-corrected chi connectivity index (χ2v) is 5.29. The van der Waals surface area contributed by atoms with Crippen LogP contribution >= 0.6 is 0 Å². The molecule has 1 aromatic rings. The van der Waals surface area contributed by atoms with Crippen LogP contribution in [0.25, 0.3) is 0 Å². The molecule has 0 spiro atoms. The van der Waals surface area contributed by atoms with Crippen LogP contribution in [-0.4, -0.2) is 28.6 Å². The largest absolute Gasteiger partial charge is 0.450 e. The lowest BCUT2D eigenvalue weighted by Crippen LogP contribution is -2.30. The van der Waals surface area contributed by atoms with E-state index in [1.165, 1.54) is 6.92 Å². The van der Waals surface area contributed by atoms with Crippen molar-refractivity contribution in [2.45, 2.75) is 52.6 Å². The predicted octanol–water partition coefficient (Wildman–Crippen LogP) is 2.50. The summed E-state index contributed by atoms with van der Waals surface area (Å²) in [6.07, 6.45) is 2.18. The monoisotopic (exact) mass is 277 g/mol. The van der Waals surface area contributed by atoms with Crippen LogP contribution in [0.3, 0.4) is 0 Å². The average Bonchev–Trinajstić information content (AvgIpc) is 2.67. The van der Waals surface area contributed by atoms with E-state index in [4.69, 9.17) is 4.74 Å². The van der Waals surface area contributed by atoms with E-state index in [0.717, 1.165) is 12.8 Å². The molecule has 0 aromatic carbocycles. The number of hydrogen-bond donors (Lipinski definition) is 1. The summed E-state index contributed by atoms with van der Waals surface area (Å²) in [6, 6.07) is 0. The number of Topliss-reactive ketones (excluding diaryl/α,β-unsaturated/α-hetero) is 2. The van der Waals surface area contributed by atoms with Crippen molar-refractivity contribution < 1.29 is 19.1 Å². The van der Waals surface area contributed by atoms with Gasteiger partial charge in [0.1, 0.15) is 5.69 Å². The Hall–Kier alpha value is -1.91. The van der Waals surface area contributed by atoms with Crippen LogP contribution in [-0.2, 0) is 9.53 Å². The molecule has 5 heteroatoms. The normalized spacial score (nSPS) is 18.9. The van der Waals surface area contributed by atoms with Gasteiger partial charge in [-0.3, -0.25) is 9.59 Å². The van der Waals surface area contributed by atoms with Crippen molar-refractivity contribution in [1.82, 2.24) is 4.98 Å². The van der Waals surface area contributed by atoms with E-state index in [2.05, 4.69) is 4.98 Å². The van der Waals surface area contributed by atoms with Gasteiger partial charge in [0.05, 0.1) is 0 Å². The van der Waals surface area contributed by atoms with E-state index in [9.17, 15) is 14.4 Å². The number of nitrogens with one attached hydrogen (secondary N) is 1. The zero-order chi connectivity index (χ0) is 14.9. The van der Waals surface area contributed by atoms with Crippen LogP contribution in [0.4, 0.5) is 0 Å². The Morgan fingerprint density at radius 2 is 1.95 bits per heavy atom. The van der Waals surface area contributed by atoms with Crippen LogP contribution in [0, 0.1) is 13.8 Å². The number of ether oxygens (including phenoxy) is 1. The van der Waals surface area contributed by atoms with Crippen LogP contribution in [0.1, 0.15) is 64.7 Å². The highest BCUT2D eigenvalue weighted by molar-refractivity contribution is 6.01. The van der Waals surface area contributed by atoms with Crippen LogP contribution in [0.2, 0.25) is 0 Å². The van der Waals surface area contributed by atoms with Gasteiger partial charge in [-0.1, -0.05) is 0 Å². The Balaban J connectivity index is 2.19. The minimum Gasteiger partial charge on any atom is -0.450 e. The van der Waals surface area contributed by atoms with Crippen molar-refractivity contribution >= 4 is 17.5 Å². The van der Waals surface area contributed by atoms with Crippen molar-refractivity contribution in [1.29, 1.82) is 0 Å². The topological polar surface area (TPSA) is 76.2 Å². The second kappa shape index (κ2) is 5.61. The molecule has 0 saturated heterocycles. The first-order chi connectivity index (χ1) is 9.41. The van der Waals surface area contributed by atoms with E-state index in [1.54, 1.807) is 13.8 Å². The van der Waals surface area contributed by atoms with E-state index in [0.29, 0.717) is 29.7 Å². The van der Waals surface area contributed by atoms with Crippen molar-refractivity contribution in [3.63, 3.8) is 0 Å². The number of aromatic nitrogens is 1. The third-order valence-corrected chi connectivity index (χ3v) is 3.74. The van der Waals surface area contributed by atoms with Gasteiger partial charge in [0.25, 0.3) is 0 Å². The first kappa shape index (κ1) is 14.5. The Bertz CT molecular complexity index is 571. The van der Waals surface area contributed by atoms with Crippen LogP contribution in [0.15, 0.2) is 0 Å². The van der Waals surface area contributed by atoms with Crippen molar-refractivity contribution in [3.8, 4) is 0 Å². The van der Waals surface area contributed by atoms with Crippen LogP contribution < -0.4 is 0 Å². The Morgan fingerprint density at radius 3 is 2.50 bits per heavy atom. The molecule has 1 saturated carbocycles. The number of carbonyl (C=O) groups excluding carboxylic acids is 3. The summed E-state index contributed by atoms with van der Waals surface area (Å²) < 4.78 is 5.29. The molecule has 1 fully saturated rings. The van der Waals surface area contributed by atoms with Gasteiger partial charge < -0.3 is 9.72 Å². The smallest absolute Gasteiger partial charge is 0.355 e. The zero-order valence-corrected chi connectivity index (χ0v) is 12.0. The summed E-state index contributed by atoms with van der Waals surface area (Å²) in [7, 11) is 0. The van der Waals surface area contributed by atoms with Gasteiger partial charge in [0.15, 0.2) is 17.7 Å². The molecule has 0 radical (unpaired) electrons. The van der Waals surface area contributed by atoms with Gasteiger partial charge >= 0.3 is 5.97 Å². The van der Waals surface area contributed by atoms with E-state index in [1.807, 2.05) is 0 Å². The van der Waals surface area contributed by atoms with E-state index >= 15 is 0 Å². The Labute approximate surface area is 117 Å². The molecular weight excluding hydrogens is 258 g/mol. The molecule has 0 bridgehead atoms. The maximum atomic E-state index is 12.2. The molecule has 108 valence electrons. The number of carbonyl (C=O) groups is 3. The quantitative estimate of drug-likeness (QED) is 0.680. The minimum atomic E-state index is -0.639. The molecule has 2 rings (SSSR count). The number of aromatic amines is 1. The highest BCUT2D eigenvalue weighted by Crippen LogP contribution is 2.22. The minimum absolute atomic E-state index is 0.0164. The summed E-state index contributed by atoms with van der Waals surface area (Å²) in [4.78, 5) is 38.3. The van der Waals surface area contributed by atoms with Gasteiger partial charge in [0, 0.05) is 17.7 Å². The van der Waals surface area contributed by atoms with Crippen molar-refractivity contribution in [3.05, 3.63) is 22.5 Å². The number of aryl methyl sites for hydroxylation is 1. The van der Waals surface area contributed by atoms with Gasteiger partial charge in [-0.05, 0) is 45.6 Å². The second-order valence-electron chi connectivity index (χ2n) is 5.29. The Morgan fingerprint density at radius 1 is 1.25 bits per heavy atom. The third-order valence-electron chi connectivity index (χ3n) is 3.74. The van der Waals surface area contributed by atoms with Crippen molar-refractivity contribution in [2.24, 2.45) is 0 Å². The predicted molar refractivity (Wildman–Crippen MR) is 72.9 cm³/mol. The lowest BCUT2D eigenvalue weighted by atomic mass is 9.96. The van der Waals surface area contributed by atoms with Gasteiger partial charge in [0.2, 0.25) is 0 Å². The highest BCUT2D eigenvalue weighted by atomic mass is 16.5. The van der Waals surface area contributed by atoms with Gasteiger partial charge in [-0.2, -0.15) is 0 Å². The molecule has 1 aliphatic rings. The Kier molecular flexibility index (Phi) is 4.06. The number of H-pyrrole nitrogens is 1. The van der Waals surface area contributed by atoms with Gasteiger partial charge in [-0.15, -0.1) is 0 Å². The van der Waals surface area contributed by atoms with Crippen molar-refractivity contribution in [2.75, 3.05) is 0 Å². The summed E-state index contributed by atoms with van der Waals surface area (Å²) in [6.45, 7) is 4.91. The summed E-state index contributed by atoms with van der Waals surface area (Å²) in [5.74, 6) is -0.667. The third kappa shape index (κ3) is 2.66. The molecule has 0 unspecified atom stereocenters. The summed E-state index contributed by atoms with van der Waals surface area (Å²) >= 11 is 0. The fourth-order valence-corrected chi connectivity index (χ4v) is 2.75. The molecular formula is C15H19NO4. The van der Waals surface area contributed by atoms with E-state index in [-0.39, 0.29) is 17.3 Å². The molecule has 1 atom stereocenters. The molecule has 5 nitrogen and oxygen atoms in total. The molecule has 0 aliphatic heterocycles. The maximum absolute atomic E-state index is 12.2. The number of rotatable bonds is 3. The maximum Gasteiger partial charge on any atom is 0.355 e. The van der Waals surface area contributed by atoms with E-state index < -0.39 is 12.1 Å².